The van der Waals surface area contributed by atoms with Crippen molar-refractivity contribution in [3.8, 4) is 0 Å². The van der Waals surface area contributed by atoms with Gasteiger partial charge in [-0.2, -0.15) is 0 Å². The highest BCUT2D eigenvalue weighted by atomic mass is 19.1. The van der Waals surface area contributed by atoms with Gasteiger partial charge in [-0.3, -0.25) is 4.98 Å². The van der Waals surface area contributed by atoms with Gasteiger partial charge in [-0.15, -0.1) is 0 Å². The molecular formula is C14H13FN2O2. The lowest BCUT2D eigenvalue weighted by molar-refractivity contribution is 0.0692. The quantitative estimate of drug-likeness (QED) is 0.887. The normalized spacial score (nSPS) is 10.2. The van der Waals surface area contributed by atoms with E-state index in [-0.39, 0.29) is 5.56 Å². The molecule has 0 bridgehead atoms. The zero-order valence-corrected chi connectivity index (χ0v) is 10.4. The van der Waals surface area contributed by atoms with Crippen molar-refractivity contribution in [2.75, 3.05) is 5.32 Å². The lowest BCUT2D eigenvalue weighted by Crippen LogP contribution is -2.05. The Morgan fingerprint density at radius 2 is 2.16 bits per heavy atom. The Kier molecular flexibility index (Phi) is 3.75. The van der Waals surface area contributed by atoms with Crippen molar-refractivity contribution >= 4 is 11.7 Å². The molecule has 1 heterocycles. The molecule has 1 aromatic carbocycles. The molecule has 4 nitrogen and oxygen atoms in total. The number of hydrogen-bond donors (Lipinski definition) is 2. The number of aromatic carboxylic acids is 1. The van der Waals surface area contributed by atoms with Crippen LogP contribution in [0.25, 0.3) is 0 Å². The Balaban J connectivity index is 2.09. The van der Waals surface area contributed by atoms with Gasteiger partial charge in [0.15, 0.2) is 0 Å². The number of carbonyl (C=O) groups is 1. The zero-order valence-electron chi connectivity index (χ0n) is 10.4. The van der Waals surface area contributed by atoms with E-state index < -0.39 is 11.8 Å². The molecule has 0 unspecified atom stereocenters. The fourth-order valence-corrected chi connectivity index (χ4v) is 1.59. The van der Waals surface area contributed by atoms with Gasteiger partial charge < -0.3 is 10.4 Å². The number of carboxylic acid groups (broad SMARTS) is 1. The summed E-state index contributed by atoms with van der Waals surface area (Å²) in [6.07, 6.45) is 1.75. The molecule has 0 aliphatic heterocycles. The van der Waals surface area contributed by atoms with Crippen LogP contribution in [0.2, 0.25) is 0 Å². The van der Waals surface area contributed by atoms with Gasteiger partial charge in [0.1, 0.15) is 5.82 Å². The number of carboxylic acids is 1. The van der Waals surface area contributed by atoms with E-state index in [2.05, 4.69) is 10.3 Å². The molecule has 0 amide bonds. The lowest BCUT2D eigenvalue weighted by atomic mass is 10.2. The minimum Gasteiger partial charge on any atom is -0.478 e. The maximum Gasteiger partial charge on any atom is 0.338 e. The topological polar surface area (TPSA) is 62.2 Å². The lowest BCUT2D eigenvalue weighted by Gasteiger charge is -2.07. The van der Waals surface area contributed by atoms with Gasteiger partial charge >= 0.3 is 5.97 Å². The summed E-state index contributed by atoms with van der Waals surface area (Å²) in [5.74, 6) is -2.03. The number of nitrogens with one attached hydrogen (secondary N) is 1. The average Bonchev–Trinajstić information content (AvgIpc) is 2.39. The number of rotatable bonds is 4. The second-order valence-corrected chi connectivity index (χ2v) is 4.18. The molecular weight excluding hydrogens is 247 g/mol. The van der Waals surface area contributed by atoms with Gasteiger partial charge in [-0.1, -0.05) is 6.07 Å². The average molecular weight is 260 g/mol. The summed E-state index contributed by atoms with van der Waals surface area (Å²) in [5.41, 5.74) is 2.09. The maximum atomic E-state index is 13.2. The molecule has 0 atom stereocenters. The summed E-state index contributed by atoms with van der Waals surface area (Å²) in [5, 5.41) is 11.8. The molecule has 0 aliphatic rings. The Morgan fingerprint density at radius 3 is 2.79 bits per heavy atom. The molecule has 1 aromatic heterocycles. The third kappa shape index (κ3) is 3.28. The number of aryl methyl sites for hydroxylation is 1. The van der Waals surface area contributed by atoms with Crippen molar-refractivity contribution in [2.24, 2.45) is 0 Å². The standard InChI is InChI=1S/C14H13FN2O2/c1-9-2-3-11(16-7-9)8-17-10-4-5-13(15)12(6-10)14(18)19/h2-7,17H,8H2,1H3,(H,18,19). The molecule has 0 saturated heterocycles. The highest BCUT2D eigenvalue weighted by Gasteiger charge is 2.10. The second kappa shape index (κ2) is 5.48. The number of aromatic nitrogens is 1. The molecule has 98 valence electrons. The third-order valence-electron chi connectivity index (χ3n) is 2.64. The molecule has 0 fully saturated rings. The van der Waals surface area contributed by atoms with Gasteiger partial charge in [-0.25, -0.2) is 9.18 Å². The van der Waals surface area contributed by atoms with Crippen molar-refractivity contribution < 1.29 is 14.3 Å². The van der Waals surface area contributed by atoms with Gasteiger partial charge in [0.25, 0.3) is 0 Å². The van der Waals surface area contributed by atoms with E-state index in [1.807, 2.05) is 19.1 Å². The summed E-state index contributed by atoms with van der Waals surface area (Å²) < 4.78 is 13.2. The first-order valence-corrected chi connectivity index (χ1v) is 5.74. The van der Waals surface area contributed by atoms with E-state index in [0.717, 1.165) is 17.3 Å². The summed E-state index contributed by atoms with van der Waals surface area (Å²) in [6, 6.07) is 7.72. The molecule has 0 aliphatic carbocycles. The van der Waals surface area contributed by atoms with Crippen LogP contribution in [0, 0.1) is 12.7 Å². The number of pyridine rings is 1. The predicted octanol–water partition coefficient (Wildman–Crippen LogP) is 2.84. The van der Waals surface area contributed by atoms with E-state index in [0.29, 0.717) is 12.2 Å². The Morgan fingerprint density at radius 1 is 1.37 bits per heavy atom. The molecule has 19 heavy (non-hydrogen) atoms. The number of halogens is 1. The van der Waals surface area contributed by atoms with Crippen molar-refractivity contribution in [3.05, 3.63) is 59.2 Å². The fraction of sp³-hybridized carbons (Fsp3) is 0.143. The first-order chi connectivity index (χ1) is 9.06. The smallest absolute Gasteiger partial charge is 0.338 e. The van der Waals surface area contributed by atoms with Gasteiger partial charge in [0, 0.05) is 11.9 Å². The van der Waals surface area contributed by atoms with E-state index in [4.69, 9.17) is 5.11 Å². The van der Waals surface area contributed by atoms with E-state index in [1.54, 1.807) is 6.20 Å². The predicted molar refractivity (Wildman–Crippen MR) is 69.7 cm³/mol. The van der Waals surface area contributed by atoms with E-state index in [1.165, 1.54) is 12.1 Å². The SMILES string of the molecule is Cc1ccc(CNc2ccc(F)c(C(=O)O)c2)nc1. The van der Waals surface area contributed by atoms with Crippen LogP contribution in [-0.2, 0) is 6.54 Å². The number of benzene rings is 1. The van der Waals surface area contributed by atoms with Crippen LogP contribution in [0.1, 0.15) is 21.6 Å². The molecule has 2 rings (SSSR count). The first-order valence-electron chi connectivity index (χ1n) is 5.74. The Hall–Kier alpha value is -2.43. The Labute approximate surface area is 109 Å². The van der Waals surface area contributed by atoms with Gasteiger partial charge in [-0.05, 0) is 36.8 Å². The van der Waals surface area contributed by atoms with Crippen molar-refractivity contribution in [1.82, 2.24) is 4.98 Å². The largest absolute Gasteiger partial charge is 0.478 e. The van der Waals surface area contributed by atoms with Crippen LogP contribution in [0.15, 0.2) is 36.5 Å². The molecule has 0 spiro atoms. The minimum atomic E-state index is -1.28. The number of nitrogens with zero attached hydrogens (tertiary/aromatic N) is 1. The van der Waals surface area contributed by atoms with Crippen LogP contribution in [0.5, 0.6) is 0 Å². The highest BCUT2D eigenvalue weighted by Crippen LogP contribution is 2.15. The summed E-state index contributed by atoms with van der Waals surface area (Å²) in [7, 11) is 0. The number of anilines is 1. The molecule has 2 aromatic rings. The van der Waals surface area contributed by atoms with Crippen LogP contribution in [0.3, 0.4) is 0 Å². The highest BCUT2D eigenvalue weighted by molar-refractivity contribution is 5.89. The van der Waals surface area contributed by atoms with Crippen molar-refractivity contribution in [3.63, 3.8) is 0 Å². The van der Waals surface area contributed by atoms with Crippen LogP contribution in [-0.4, -0.2) is 16.1 Å². The molecule has 0 saturated carbocycles. The van der Waals surface area contributed by atoms with Crippen LogP contribution in [0.4, 0.5) is 10.1 Å². The molecule has 2 N–H and O–H groups in total. The van der Waals surface area contributed by atoms with Crippen LogP contribution >= 0.6 is 0 Å². The molecule has 0 radical (unpaired) electrons. The summed E-state index contributed by atoms with van der Waals surface area (Å²) >= 11 is 0. The maximum absolute atomic E-state index is 13.2. The third-order valence-corrected chi connectivity index (χ3v) is 2.64. The van der Waals surface area contributed by atoms with Crippen molar-refractivity contribution in [2.45, 2.75) is 13.5 Å². The Bertz CT molecular complexity index is 597. The summed E-state index contributed by atoms with van der Waals surface area (Å²) in [6.45, 7) is 2.40. The minimum absolute atomic E-state index is 0.345. The number of hydrogen-bond acceptors (Lipinski definition) is 3. The summed E-state index contributed by atoms with van der Waals surface area (Å²) in [4.78, 5) is 15.0. The van der Waals surface area contributed by atoms with Crippen LogP contribution < -0.4 is 5.32 Å². The van der Waals surface area contributed by atoms with Gasteiger partial charge in [0.2, 0.25) is 0 Å². The monoisotopic (exact) mass is 260 g/mol. The molecule has 5 heteroatoms. The van der Waals surface area contributed by atoms with Crippen molar-refractivity contribution in [1.29, 1.82) is 0 Å². The van der Waals surface area contributed by atoms with Gasteiger partial charge in [0.05, 0.1) is 17.8 Å². The zero-order chi connectivity index (χ0) is 13.8. The van der Waals surface area contributed by atoms with E-state index in [9.17, 15) is 9.18 Å². The second-order valence-electron chi connectivity index (χ2n) is 4.18. The van der Waals surface area contributed by atoms with E-state index >= 15 is 0 Å². The first kappa shape index (κ1) is 13.0. The fourth-order valence-electron chi connectivity index (χ4n) is 1.59.